The molecule has 1 aliphatic rings. The number of likely N-dealkylation sites (tertiary alicyclic amines) is 1. The summed E-state index contributed by atoms with van der Waals surface area (Å²) in [4.78, 5) is 14.1. The summed E-state index contributed by atoms with van der Waals surface area (Å²) in [5, 5.41) is 4.60. The summed E-state index contributed by atoms with van der Waals surface area (Å²) in [6.07, 6.45) is 7.79. The highest BCUT2D eigenvalue weighted by molar-refractivity contribution is 6.33. The van der Waals surface area contributed by atoms with Gasteiger partial charge in [0.25, 0.3) is 5.91 Å². The van der Waals surface area contributed by atoms with E-state index in [1.165, 1.54) is 32.1 Å². The Morgan fingerprint density at radius 3 is 2.57 bits per heavy atom. The van der Waals surface area contributed by atoms with Gasteiger partial charge in [0, 0.05) is 10.6 Å². The van der Waals surface area contributed by atoms with Crippen LogP contribution in [0.4, 0.5) is 0 Å². The Labute approximate surface area is 131 Å². The molecule has 114 valence electrons. The predicted octanol–water partition coefficient (Wildman–Crippen LogP) is 3.06. The van der Waals surface area contributed by atoms with Gasteiger partial charge in [0.15, 0.2) is 0 Å². The molecule has 0 aromatic heterocycles. The van der Waals surface area contributed by atoms with Crippen molar-refractivity contribution in [2.45, 2.75) is 32.1 Å². The number of carbonyl (C=O) groups is 1. The summed E-state index contributed by atoms with van der Waals surface area (Å²) >= 11 is 6.02. The van der Waals surface area contributed by atoms with Crippen molar-refractivity contribution >= 4 is 23.7 Å². The molecule has 0 spiro atoms. The summed E-state index contributed by atoms with van der Waals surface area (Å²) in [6.45, 7) is 2.42. The number of halogens is 1. The Morgan fingerprint density at radius 2 is 1.86 bits per heavy atom. The monoisotopic (exact) mass is 307 g/mol. The highest BCUT2D eigenvalue weighted by atomic mass is 35.5. The van der Waals surface area contributed by atoms with E-state index in [9.17, 15) is 4.79 Å². The van der Waals surface area contributed by atoms with Crippen molar-refractivity contribution in [3.05, 3.63) is 34.9 Å². The van der Waals surface area contributed by atoms with Crippen LogP contribution in [0.3, 0.4) is 0 Å². The zero-order chi connectivity index (χ0) is 14.9. The second-order valence-corrected chi connectivity index (χ2v) is 5.77. The largest absolute Gasteiger partial charge is 0.294 e. The lowest BCUT2D eigenvalue weighted by atomic mass is 10.1. The average Bonchev–Trinajstić information content (AvgIpc) is 2.44. The first kappa shape index (κ1) is 16.0. The van der Waals surface area contributed by atoms with Crippen molar-refractivity contribution in [1.29, 1.82) is 0 Å². The zero-order valence-corrected chi connectivity index (χ0v) is 13.0. The second kappa shape index (κ2) is 8.80. The Kier molecular flexibility index (Phi) is 6.70. The molecule has 1 N–H and O–H groups in total. The van der Waals surface area contributed by atoms with E-state index in [-0.39, 0.29) is 5.91 Å². The summed E-state index contributed by atoms with van der Waals surface area (Å²) in [6, 6.07) is 7.40. The normalized spacial score (nSPS) is 17.4. The fraction of sp³-hybridized carbons (Fsp3) is 0.500. The molecular weight excluding hydrogens is 286 g/mol. The van der Waals surface area contributed by atoms with Crippen molar-refractivity contribution in [2.75, 3.05) is 19.6 Å². The third kappa shape index (κ3) is 5.86. The van der Waals surface area contributed by atoms with Crippen molar-refractivity contribution in [1.82, 2.24) is 10.3 Å². The van der Waals surface area contributed by atoms with Gasteiger partial charge in [0.1, 0.15) is 0 Å². The van der Waals surface area contributed by atoms with Gasteiger partial charge in [-0.05, 0) is 32.0 Å². The smallest absolute Gasteiger partial charge is 0.254 e. The summed E-state index contributed by atoms with van der Waals surface area (Å²) in [5.74, 6) is -0.0705. The third-order valence-electron chi connectivity index (χ3n) is 3.61. The number of hydrazone groups is 1. The molecule has 0 unspecified atom stereocenters. The number of benzene rings is 1. The van der Waals surface area contributed by atoms with Gasteiger partial charge >= 0.3 is 0 Å². The molecule has 0 radical (unpaired) electrons. The van der Waals surface area contributed by atoms with Gasteiger partial charge in [-0.3, -0.25) is 9.69 Å². The molecule has 21 heavy (non-hydrogen) atoms. The maximum atomic E-state index is 11.9. The van der Waals surface area contributed by atoms with Crippen LogP contribution in [0, 0.1) is 0 Å². The lowest BCUT2D eigenvalue weighted by Gasteiger charge is -2.23. The number of hydrogen-bond acceptors (Lipinski definition) is 3. The van der Waals surface area contributed by atoms with E-state index < -0.39 is 0 Å². The molecule has 1 heterocycles. The van der Waals surface area contributed by atoms with E-state index in [1.54, 1.807) is 12.3 Å². The van der Waals surface area contributed by atoms with Gasteiger partial charge < -0.3 is 0 Å². The molecule has 5 heteroatoms. The number of rotatable bonds is 4. The van der Waals surface area contributed by atoms with E-state index in [2.05, 4.69) is 15.4 Å². The number of hydrogen-bond donors (Lipinski definition) is 1. The van der Waals surface area contributed by atoms with E-state index in [4.69, 9.17) is 11.6 Å². The van der Waals surface area contributed by atoms with Gasteiger partial charge in [0.2, 0.25) is 0 Å². The lowest BCUT2D eigenvalue weighted by molar-refractivity contribution is -0.122. The Balaban J connectivity index is 1.77. The minimum Gasteiger partial charge on any atom is -0.294 e. The first-order chi connectivity index (χ1) is 10.3. The molecule has 0 bridgehead atoms. The lowest BCUT2D eigenvalue weighted by Crippen LogP contribution is -2.37. The minimum atomic E-state index is -0.0705. The molecule has 4 nitrogen and oxygen atoms in total. The van der Waals surface area contributed by atoms with Crippen LogP contribution >= 0.6 is 11.6 Å². The maximum absolute atomic E-state index is 11.9. The van der Waals surface area contributed by atoms with Crippen LogP contribution in [-0.4, -0.2) is 36.7 Å². The highest BCUT2D eigenvalue weighted by Crippen LogP contribution is 2.12. The fourth-order valence-corrected chi connectivity index (χ4v) is 2.65. The molecule has 0 aliphatic carbocycles. The zero-order valence-electron chi connectivity index (χ0n) is 12.2. The molecule has 1 aliphatic heterocycles. The maximum Gasteiger partial charge on any atom is 0.254 e. The Morgan fingerprint density at radius 1 is 1.19 bits per heavy atom. The number of amides is 1. The van der Waals surface area contributed by atoms with Gasteiger partial charge in [0.05, 0.1) is 12.8 Å². The van der Waals surface area contributed by atoms with Crippen LogP contribution < -0.4 is 5.43 Å². The van der Waals surface area contributed by atoms with E-state index in [0.29, 0.717) is 11.6 Å². The summed E-state index contributed by atoms with van der Waals surface area (Å²) in [5.41, 5.74) is 3.37. The van der Waals surface area contributed by atoms with Crippen LogP contribution in [0.25, 0.3) is 0 Å². The molecule has 1 amide bonds. The molecule has 1 saturated heterocycles. The van der Waals surface area contributed by atoms with Crippen molar-refractivity contribution < 1.29 is 4.79 Å². The van der Waals surface area contributed by atoms with Crippen LogP contribution in [0.2, 0.25) is 5.02 Å². The van der Waals surface area contributed by atoms with Crippen molar-refractivity contribution in [3.63, 3.8) is 0 Å². The molecular formula is C16H22ClN3O. The topological polar surface area (TPSA) is 44.7 Å². The average molecular weight is 308 g/mol. The van der Waals surface area contributed by atoms with E-state index in [0.717, 1.165) is 18.7 Å². The number of carbonyl (C=O) groups excluding carboxylic acids is 1. The predicted molar refractivity (Wildman–Crippen MR) is 86.7 cm³/mol. The molecule has 0 atom stereocenters. The number of nitrogens with one attached hydrogen (secondary N) is 1. The first-order valence-corrected chi connectivity index (χ1v) is 7.92. The fourth-order valence-electron chi connectivity index (χ4n) is 2.46. The SMILES string of the molecule is O=C(CN1CCCCCCC1)N/N=C\c1ccccc1Cl. The van der Waals surface area contributed by atoms with Crippen LogP contribution in [0.15, 0.2) is 29.4 Å². The second-order valence-electron chi connectivity index (χ2n) is 5.36. The first-order valence-electron chi connectivity index (χ1n) is 7.54. The molecule has 1 aromatic carbocycles. The third-order valence-corrected chi connectivity index (χ3v) is 3.96. The van der Waals surface area contributed by atoms with Crippen molar-refractivity contribution in [3.8, 4) is 0 Å². The molecule has 1 aromatic rings. The van der Waals surface area contributed by atoms with Crippen LogP contribution in [0.5, 0.6) is 0 Å². The summed E-state index contributed by atoms with van der Waals surface area (Å²) < 4.78 is 0. The van der Waals surface area contributed by atoms with Gasteiger partial charge in [-0.25, -0.2) is 5.43 Å². The molecule has 0 saturated carbocycles. The minimum absolute atomic E-state index is 0.0705. The Hall–Kier alpha value is -1.39. The molecule has 2 rings (SSSR count). The van der Waals surface area contributed by atoms with Crippen LogP contribution in [-0.2, 0) is 4.79 Å². The van der Waals surface area contributed by atoms with Gasteiger partial charge in [-0.15, -0.1) is 0 Å². The van der Waals surface area contributed by atoms with E-state index in [1.807, 2.05) is 18.2 Å². The van der Waals surface area contributed by atoms with Gasteiger partial charge in [-0.1, -0.05) is 49.1 Å². The number of nitrogens with zero attached hydrogens (tertiary/aromatic N) is 2. The standard InChI is InChI=1S/C16H22ClN3O/c17-15-9-5-4-8-14(15)12-18-19-16(21)13-20-10-6-2-1-3-7-11-20/h4-5,8-9,12H,1-3,6-7,10-11,13H2,(H,19,21)/b18-12-. The Bertz CT molecular complexity index is 482. The summed E-state index contributed by atoms with van der Waals surface area (Å²) in [7, 11) is 0. The molecule has 1 fully saturated rings. The quantitative estimate of drug-likeness (QED) is 0.686. The van der Waals surface area contributed by atoms with Crippen LogP contribution in [0.1, 0.15) is 37.7 Å². The van der Waals surface area contributed by atoms with E-state index >= 15 is 0 Å². The van der Waals surface area contributed by atoms with Crippen molar-refractivity contribution in [2.24, 2.45) is 5.10 Å². The van der Waals surface area contributed by atoms with Gasteiger partial charge in [-0.2, -0.15) is 5.10 Å². The highest BCUT2D eigenvalue weighted by Gasteiger charge is 2.11.